The average molecular weight is 294 g/mol. The van der Waals surface area contributed by atoms with Crippen molar-refractivity contribution in [2.45, 2.75) is 23.5 Å². The van der Waals surface area contributed by atoms with Crippen LogP contribution in [0.25, 0.3) is 0 Å². The molecular formula is C17H22B2NO2. The van der Waals surface area contributed by atoms with E-state index in [-0.39, 0.29) is 10.7 Å². The van der Waals surface area contributed by atoms with Gasteiger partial charge < -0.3 is 14.4 Å². The molecule has 0 amide bonds. The molecular weight excluding hydrogens is 272 g/mol. The first-order valence-corrected chi connectivity index (χ1v) is 7.78. The lowest BCUT2D eigenvalue weighted by Crippen LogP contribution is -2.37. The van der Waals surface area contributed by atoms with Gasteiger partial charge in [0, 0.05) is 0 Å². The van der Waals surface area contributed by atoms with Crippen molar-refractivity contribution in [2.24, 2.45) is 5.92 Å². The van der Waals surface area contributed by atoms with Crippen molar-refractivity contribution < 1.29 is 9.47 Å². The predicted octanol–water partition coefficient (Wildman–Crippen LogP) is 2.30. The number of ether oxygens (including phenoxy) is 2. The number of para-hydroxylation sites is 2. The Bertz CT molecular complexity index is 557. The summed E-state index contributed by atoms with van der Waals surface area (Å²) in [7, 11) is 14.1. The van der Waals surface area contributed by atoms with E-state index in [0.717, 1.165) is 17.9 Å². The van der Waals surface area contributed by atoms with E-state index < -0.39 is 0 Å². The van der Waals surface area contributed by atoms with Crippen LogP contribution in [0.15, 0.2) is 36.4 Å². The highest BCUT2D eigenvalue weighted by molar-refractivity contribution is 6.72. The lowest BCUT2D eigenvalue weighted by molar-refractivity contribution is 0.263. The average Bonchev–Trinajstić information content (AvgIpc) is 3.09. The summed E-state index contributed by atoms with van der Waals surface area (Å²) in [4.78, 5) is 2.43. The fraction of sp³-hybridized carbons (Fsp3) is 0.529. The molecule has 0 bridgehead atoms. The molecule has 2 unspecified atom stereocenters. The summed E-state index contributed by atoms with van der Waals surface area (Å²) >= 11 is 0. The van der Waals surface area contributed by atoms with Crippen LogP contribution < -0.4 is 9.47 Å². The first-order valence-electron chi connectivity index (χ1n) is 7.78. The Hall–Kier alpha value is -1.35. The molecule has 2 heterocycles. The second kappa shape index (κ2) is 5.69. The highest BCUT2D eigenvalue weighted by atomic mass is 16.5. The van der Waals surface area contributed by atoms with Crippen molar-refractivity contribution in [1.82, 2.24) is 4.90 Å². The standard InChI is InChI=1S/C9H12B2N.C8H10O2/c1-12-6-4-7-3-2-5-8(10)9(7,12)11-8;1-9-7-5-3-4-6-8(7)10-2/h2-3,7H,4-6H2,1H3;3-6H,1-2H3/t7?,8?,9-;/m1./s1. The van der Waals surface area contributed by atoms with Crippen molar-refractivity contribution in [3.05, 3.63) is 36.4 Å². The second-order valence-electron chi connectivity index (χ2n) is 6.31. The van der Waals surface area contributed by atoms with E-state index in [9.17, 15) is 0 Å². The lowest BCUT2D eigenvalue weighted by Gasteiger charge is -2.33. The van der Waals surface area contributed by atoms with Gasteiger partial charge in [0.1, 0.15) is 7.28 Å². The van der Waals surface area contributed by atoms with Crippen molar-refractivity contribution in [2.75, 3.05) is 27.8 Å². The number of allylic oxidation sites excluding steroid dienone is 1. The maximum Gasteiger partial charge on any atom is 0.160 e. The van der Waals surface area contributed by atoms with E-state index in [4.69, 9.17) is 17.3 Å². The quantitative estimate of drug-likeness (QED) is 0.617. The SMILES string of the molecule is COc1ccccc1OC.[B]C12[B][C@@]13C(C=CC2)CCN3C. The molecule has 0 N–H and O–H groups in total. The topological polar surface area (TPSA) is 21.7 Å². The number of methoxy groups -OCH3 is 2. The van der Waals surface area contributed by atoms with Gasteiger partial charge in [0.05, 0.1) is 22.1 Å². The number of hydrogen-bond acceptors (Lipinski definition) is 3. The van der Waals surface area contributed by atoms with E-state index >= 15 is 0 Å². The highest BCUT2D eigenvalue weighted by Gasteiger charge is 2.71. The Balaban J connectivity index is 0.000000134. The van der Waals surface area contributed by atoms with Crippen LogP contribution in [0.1, 0.15) is 12.8 Å². The number of benzene rings is 1. The van der Waals surface area contributed by atoms with Gasteiger partial charge in [0.25, 0.3) is 0 Å². The van der Waals surface area contributed by atoms with Crippen LogP contribution in [0.2, 0.25) is 5.21 Å². The molecule has 3 atom stereocenters. The maximum atomic E-state index is 6.27. The molecule has 1 spiro atoms. The number of nitrogens with zero attached hydrogens (tertiary/aromatic N) is 1. The van der Waals surface area contributed by atoms with Crippen molar-refractivity contribution in [3.63, 3.8) is 0 Å². The van der Waals surface area contributed by atoms with Gasteiger partial charge in [-0.05, 0) is 49.9 Å². The van der Waals surface area contributed by atoms with Gasteiger partial charge in [-0.2, -0.15) is 0 Å². The molecule has 1 aromatic carbocycles. The Labute approximate surface area is 135 Å². The van der Waals surface area contributed by atoms with Crippen LogP contribution in [-0.4, -0.2) is 53.3 Å². The van der Waals surface area contributed by atoms with Gasteiger partial charge in [-0.1, -0.05) is 29.5 Å². The smallest absolute Gasteiger partial charge is 0.160 e. The minimum atomic E-state index is 0.0116. The van der Waals surface area contributed by atoms with Crippen LogP contribution in [-0.2, 0) is 0 Å². The molecule has 2 aliphatic heterocycles. The zero-order valence-electron chi connectivity index (χ0n) is 13.6. The van der Waals surface area contributed by atoms with Gasteiger partial charge in [0.2, 0.25) is 0 Å². The van der Waals surface area contributed by atoms with Gasteiger partial charge >= 0.3 is 0 Å². The van der Waals surface area contributed by atoms with Gasteiger partial charge in [-0.15, -0.1) is 0 Å². The zero-order valence-corrected chi connectivity index (χ0v) is 13.6. The first kappa shape index (κ1) is 15.5. The Morgan fingerprint density at radius 2 is 1.86 bits per heavy atom. The summed E-state index contributed by atoms with van der Waals surface area (Å²) in [5, 5.41) is 0.0116. The van der Waals surface area contributed by atoms with Crippen molar-refractivity contribution in [3.8, 4) is 11.5 Å². The molecule has 2 fully saturated rings. The third kappa shape index (κ3) is 2.26. The first-order chi connectivity index (χ1) is 10.6. The molecule has 3 aliphatic rings. The third-order valence-electron chi connectivity index (χ3n) is 5.23. The second-order valence-corrected chi connectivity index (χ2v) is 6.31. The summed E-state index contributed by atoms with van der Waals surface area (Å²) in [5.74, 6) is 2.23. The molecule has 5 heteroatoms. The summed E-state index contributed by atoms with van der Waals surface area (Å²) in [5.41, 5.74) is 0.252. The molecule has 4 rings (SSSR count). The lowest BCUT2D eigenvalue weighted by atomic mass is 9.67. The zero-order chi connectivity index (χ0) is 15.8. The van der Waals surface area contributed by atoms with Crippen molar-refractivity contribution in [1.29, 1.82) is 0 Å². The van der Waals surface area contributed by atoms with E-state index in [0.29, 0.717) is 5.92 Å². The molecule has 22 heavy (non-hydrogen) atoms. The summed E-state index contributed by atoms with van der Waals surface area (Å²) < 4.78 is 10.0. The molecule has 0 saturated carbocycles. The molecule has 113 valence electrons. The number of rotatable bonds is 2. The van der Waals surface area contributed by atoms with Gasteiger partial charge in [0.15, 0.2) is 11.5 Å². The van der Waals surface area contributed by atoms with Gasteiger partial charge in [-0.3, -0.25) is 0 Å². The maximum absolute atomic E-state index is 6.27. The Morgan fingerprint density at radius 3 is 2.41 bits per heavy atom. The van der Waals surface area contributed by atoms with Crippen LogP contribution in [0, 0.1) is 5.92 Å². The Kier molecular flexibility index (Phi) is 4.02. The molecule has 3 radical (unpaired) electrons. The normalized spacial score (nSPS) is 34.6. The van der Waals surface area contributed by atoms with E-state index in [2.05, 4.69) is 31.4 Å². The van der Waals surface area contributed by atoms with E-state index in [1.54, 1.807) is 14.2 Å². The fourth-order valence-electron chi connectivity index (χ4n) is 3.98. The minimum Gasteiger partial charge on any atom is -0.493 e. The van der Waals surface area contributed by atoms with Crippen LogP contribution in [0.5, 0.6) is 11.5 Å². The predicted molar refractivity (Wildman–Crippen MR) is 91.0 cm³/mol. The van der Waals surface area contributed by atoms with Gasteiger partial charge in [-0.25, -0.2) is 0 Å². The van der Waals surface area contributed by atoms with Crippen LogP contribution >= 0.6 is 0 Å². The van der Waals surface area contributed by atoms with Crippen LogP contribution in [0.4, 0.5) is 0 Å². The van der Waals surface area contributed by atoms with Crippen LogP contribution in [0.3, 0.4) is 0 Å². The summed E-state index contributed by atoms with van der Waals surface area (Å²) in [6.07, 6.45) is 6.93. The monoisotopic (exact) mass is 294 g/mol. The highest BCUT2D eigenvalue weighted by Crippen LogP contribution is 2.67. The molecule has 3 nitrogen and oxygen atoms in total. The fourth-order valence-corrected chi connectivity index (χ4v) is 3.98. The molecule has 1 aliphatic carbocycles. The minimum absolute atomic E-state index is 0.0116. The summed E-state index contributed by atoms with van der Waals surface area (Å²) in [6, 6.07) is 7.53. The number of likely N-dealkylation sites (tertiary alicyclic amines) is 1. The van der Waals surface area contributed by atoms with E-state index in [1.165, 1.54) is 13.0 Å². The third-order valence-corrected chi connectivity index (χ3v) is 5.23. The molecule has 2 saturated heterocycles. The van der Waals surface area contributed by atoms with Crippen molar-refractivity contribution >= 4 is 15.1 Å². The number of hydrogen-bond donors (Lipinski definition) is 0. The van der Waals surface area contributed by atoms with E-state index in [1.807, 2.05) is 24.3 Å². The summed E-state index contributed by atoms with van der Waals surface area (Å²) in [6.45, 7) is 1.20. The molecule has 1 aromatic rings. The largest absolute Gasteiger partial charge is 0.493 e. The molecule has 0 aromatic heterocycles. The Morgan fingerprint density at radius 1 is 1.23 bits per heavy atom.